The van der Waals surface area contributed by atoms with Gasteiger partial charge >= 0.3 is 0 Å². The van der Waals surface area contributed by atoms with Gasteiger partial charge < -0.3 is 14.9 Å². The number of aliphatic hydroxyl groups excluding tert-OH is 1. The van der Waals surface area contributed by atoms with Crippen LogP contribution in [0.5, 0.6) is 0 Å². The minimum atomic E-state index is 0.0284. The summed E-state index contributed by atoms with van der Waals surface area (Å²) in [6.07, 6.45) is 0. The molecule has 0 saturated carbocycles. The highest BCUT2D eigenvalue weighted by molar-refractivity contribution is 5.81. The lowest BCUT2D eigenvalue weighted by Gasteiger charge is -2.27. The predicted octanol–water partition coefficient (Wildman–Crippen LogP) is 12.4. The fraction of sp³-hybridized carbons (Fsp3) is 0.200. The first kappa shape index (κ1) is 32.8. The highest BCUT2D eigenvalue weighted by Crippen LogP contribution is 2.39. The fourth-order valence-electron chi connectivity index (χ4n) is 6.05. The number of hydrogen-bond donors (Lipinski definition) is 1. The summed E-state index contributed by atoms with van der Waals surface area (Å²) in [6, 6.07) is 54.0. The van der Waals surface area contributed by atoms with Crippen LogP contribution in [-0.2, 0) is 17.4 Å². The van der Waals surface area contributed by atoms with Gasteiger partial charge in [0, 0.05) is 34.1 Å². The van der Waals surface area contributed by atoms with Crippen molar-refractivity contribution in [3.8, 4) is 11.1 Å². The molecule has 0 bridgehead atoms. The summed E-state index contributed by atoms with van der Waals surface area (Å²) >= 11 is 0. The minimum Gasteiger partial charge on any atom is -0.392 e. The van der Waals surface area contributed by atoms with Gasteiger partial charge in [-0.25, -0.2) is 0 Å². The summed E-state index contributed by atoms with van der Waals surface area (Å²) < 4.78 is 0. The average Bonchev–Trinajstić information content (AvgIpc) is 3.10. The van der Waals surface area contributed by atoms with Gasteiger partial charge in [0.2, 0.25) is 0 Å². The molecule has 0 saturated heterocycles. The van der Waals surface area contributed by atoms with Crippen LogP contribution in [0.1, 0.15) is 58.2 Å². The molecule has 0 aromatic heterocycles. The molecule has 0 heterocycles. The van der Waals surface area contributed by atoms with Gasteiger partial charge in [0.05, 0.1) is 6.61 Å². The Balaban J connectivity index is 1.31. The van der Waals surface area contributed by atoms with E-state index in [4.69, 9.17) is 0 Å². The zero-order valence-electron chi connectivity index (χ0n) is 29.0. The molecule has 3 nitrogen and oxygen atoms in total. The van der Waals surface area contributed by atoms with E-state index in [0.29, 0.717) is 0 Å². The second kappa shape index (κ2) is 13.5. The zero-order chi connectivity index (χ0) is 33.9. The van der Waals surface area contributed by atoms with Crippen LogP contribution in [0.3, 0.4) is 0 Å². The smallest absolute Gasteiger partial charge is 0.0681 e. The molecule has 0 aliphatic heterocycles. The summed E-state index contributed by atoms with van der Waals surface area (Å²) in [6.45, 7) is 13.5. The van der Waals surface area contributed by atoms with Gasteiger partial charge in [-0.05, 0) is 111 Å². The van der Waals surface area contributed by atoms with Crippen LogP contribution in [0, 0.1) is 0 Å². The van der Waals surface area contributed by atoms with Crippen molar-refractivity contribution in [1.82, 2.24) is 0 Å². The Labute approximate surface area is 286 Å². The summed E-state index contributed by atoms with van der Waals surface area (Å²) in [5.74, 6) is 0. The standard InChI is InChI=1S/C45H46N2O/c1-44(2,3)36-18-28-42(29-19-36)46(38-10-8-7-9-11-38)40-24-14-34(15-25-40)35-16-26-41(27-17-35)47(39-22-12-33(32-48)13-23-39)43-30-20-37(21-31-43)45(4,5)6/h7-31,48H,32H2,1-6H3. The fourth-order valence-corrected chi connectivity index (χ4v) is 6.05. The van der Waals surface area contributed by atoms with Crippen molar-refractivity contribution in [3.63, 3.8) is 0 Å². The quantitative estimate of drug-likeness (QED) is 0.181. The van der Waals surface area contributed by atoms with Crippen molar-refractivity contribution >= 4 is 34.1 Å². The normalized spacial score (nSPS) is 11.7. The van der Waals surface area contributed by atoms with Crippen molar-refractivity contribution in [2.45, 2.75) is 59.0 Å². The van der Waals surface area contributed by atoms with E-state index in [9.17, 15) is 5.11 Å². The Morgan fingerprint density at radius 1 is 0.375 bits per heavy atom. The predicted molar refractivity (Wildman–Crippen MR) is 205 cm³/mol. The Kier molecular flexibility index (Phi) is 9.26. The first-order valence-electron chi connectivity index (χ1n) is 16.8. The highest BCUT2D eigenvalue weighted by atomic mass is 16.3. The summed E-state index contributed by atoms with van der Waals surface area (Å²) in [4.78, 5) is 4.58. The number of anilines is 6. The molecular formula is C45H46N2O. The number of rotatable bonds is 8. The van der Waals surface area contributed by atoms with Crippen LogP contribution in [0.4, 0.5) is 34.1 Å². The lowest BCUT2D eigenvalue weighted by Crippen LogP contribution is -2.13. The highest BCUT2D eigenvalue weighted by Gasteiger charge is 2.18. The molecule has 0 amide bonds. The van der Waals surface area contributed by atoms with Gasteiger partial charge in [0.15, 0.2) is 0 Å². The van der Waals surface area contributed by atoms with E-state index >= 15 is 0 Å². The van der Waals surface area contributed by atoms with Crippen molar-refractivity contribution in [1.29, 1.82) is 0 Å². The number of benzene rings is 6. The van der Waals surface area contributed by atoms with Crippen molar-refractivity contribution in [2.24, 2.45) is 0 Å². The molecule has 242 valence electrons. The molecule has 0 unspecified atom stereocenters. The molecule has 0 atom stereocenters. The van der Waals surface area contributed by atoms with E-state index in [0.717, 1.165) is 50.8 Å². The maximum absolute atomic E-state index is 9.63. The first-order chi connectivity index (χ1) is 23.0. The largest absolute Gasteiger partial charge is 0.392 e. The maximum Gasteiger partial charge on any atom is 0.0681 e. The van der Waals surface area contributed by atoms with E-state index in [1.54, 1.807) is 0 Å². The average molecular weight is 631 g/mol. The van der Waals surface area contributed by atoms with Crippen LogP contribution in [-0.4, -0.2) is 5.11 Å². The lowest BCUT2D eigenvalue weighted by molar-refractivity contribution is 0.282. The third-order valence-electron chi connectivity index (χ3n) is 8.96. The van der Waals surface area contributed by atoms with Crippen molar-refractivity contribution < 1.29 is 5.11 Å². The van der Waals surface area contributed by atoms with Crippen LogP contribution >= 0.6 is 0 Å². The van der Waals surface area contributed by atoms with Crippen molar-refractivity contribution in [3.05, 3.63) is 168 Å². The second-order valence-corrected chi connectivity index (χ2v) is 14.5. The molecule has 6 aromatic carbocycles. The molecule has 1 N–H and O–H groups in total. The Hall–Kier alpha value is -5.12. The van der Waals surface area contributed by atoms with Crippen LogP contribution in [0.25, 0.3) is 11.1 Å². The lowest BCUT2D eigenvalue weighted by atomic mass is 9.87. The van der Waals surface area contributed by atoms with Crippen LogP contribution in [0.15, 0.2) is 152 Å². The number of nitrogens with zero attached hydrogens (tertiary/aromatic N) is 2. The molecule has 0 radical (unpaired) electrons. The molecule has 0 spiro atoms. The van der Waals surface area contributed by atoms with E-state index in [1.165, 1.54) is 11.1 Å². The molecule has 0 aliphatic carbocycles. The van der Waals surface area contributed by atoms with Crippen LogP contribution in [0.2, 0.25) is 0 Å². The first-order valence-corrected chi connectivity index (χ1v) is 16.8. The van der Waals surface area contributed by atoms with E-state index in [1.807, 2.05) is 12.1 Å². The molecule has 6 rings (SSSR count). The maximum atomic E-state index is 9.63. The monoisotopic (exact) mass is 630 g/mol. The van der Waals surface area contributed by atoms with Crippen LogP contribution < -0.4 is 9.80 Å². The van der Waals surface area contributed by atoms with Gasteiger partial charge in [-0.3, -0.25) is 0 Å². The number of para-hydroxylation sites is 1. The summed E-state index contributed by atoms with van der Waals surface area (Å²) in [5, 5.41) is 9.63. The molecule has 0 fully saturated rings. The Morgan fingerprint density at radius 2 is 0.667 bits per heavy atom. The number of aliphatic hydroxyl groups is 1. The summed E-state index contributed by atoms with van der Waals surface area (Å²) in [7, 11) is 0. The van der Waals surface area contributed by atoms with Gasteiger partial charge in [-0.15, -0.1) is 0 Å². The molecule has 6 aromatic rings. The summed E-state index contributed by atoms with van der Waals surface area (Å²) in [5.41, 5.74) is 12.6. The minimum absolute atomic E-state index is 0.0284. The van der Waals surface area contributed by atoms with Gasteiger partial charge in [-0.2, -0.15) is 0 Å². The second-order valence-electron chi connectivity index (χ2n) is 14.5. The van der Waals surface area contributed by atoms with E-state index in [-0.39, 0.29) is 17.4 Å². The number of hydrogen-bond acceptors (Lipinski definition) is 3. The van der Waals surface area contributed by atoms with Gasteiger partial charge in [0.25, 0.3) is 0 Å². The molecule has 0 aliphatic rings. The third-order valence-corrected chi connectivity index (χ3v) is 8.96. The molecule has 3 heteroatoms. The third kappa shape index (κ3) is 7.22. The topological polar surface area (TPSA) is 26.7 Å². The zero-order valence-corrected chi connectivity index (χ0v) is 29.0. The van der Waals surface area contributed by atoms with Crippen molar-refractivity contribution in [2.75, 3.05) is 9.80 Å². The van der Waals surface area contributed by atoms with E-state index < -0.39 is 0 Å². The van der Waals surface area contributed by atoms with Gasteiger partial charge in [0.1, 0.15) is 0 Å². The Bertz CT molecular complexity index is 1910. The van der Waals surface area contributed by atoms with E-state index in [2.05, 4.69) is 191 Å². The molecule has 48 heavy (non-hydrogen) atoms. The Morgan fingerprint density at radius 3 is 0.979 bits per heavy atom. The van der Waals surface area contributed by atoms with Gasteiger partial charge in [-0.1, -0.05) is 120 Å². The molecular weight excluding hydrogens is 585 g/mol. The SMILES string of the molecule is CC(C)(C)c1ccc(N(c2ccccc2)c2ccc(-c3ccc(N(c4ccc(CO)cc4)c4ccc(C(C)(C)C)cc4)cc3)cc2)cc1.